The number of benzene rings is 2. The lowest BCUT2D eigenvalue weighted by atomic mass is 9.85. The number of aliphatic carboxylic acids is 1. The largest absolute Gasteiger partial charge is 0.507 e. The number of amidine groups is 1. The normalized spacial score (nSPS) is 18.8. The molecule has 0 aliphatic heterocycles. The van der Waals surface area contributed by atoms with Crippen LogP contribution in [0.5, 0.6) is 5.75 Å². The third-order valence-corrected chi connectivity index (χ3v) is 5.67. The van der Waals surface area contributed by atoms with Crippen LogP contribution in [0.3, 0.4) is 0 Å². The number of nitrogens with zero attached hydrogens (tertiary/aromatic N) is 1. The van der Waals surface area contributed by atoms with Crippen LogP contribution in [-0.4, -0.2) is 45.9 Å². The van der Waals surface area contributed by atoms with Gasteiger partial charge in [-0.15, -0.1) is 0 Å². The first-order valence-corrected chi connectivity index (χ1v) is 9.55. The molecule has 1 saturated carbocycles. The predicted octanol–water partition coefficient (Wildman–Crippen LogP) is 3.06. The summed E-state index contributed by atoms with van der Waals surface area (Å²) in [6.07, 6.45) is 2.36. The van der Waals surface area contributed by atoms with Crippen molar-refractivity contribution >= 4 is 17.7 Å². The highest BCUT2D eigenvalue weighted by molar-refractivity contribution is 5.98. The SMILES string of the molecule is CN(C(=O)c1cc(-c2ccc(C(=N)N)cc2)ccc1O)C1CCC(C(=O)O)CC1. The van der Waals surface area contributed by atoms with Crippen molar-refractivity contribution in [3.63, 3.8) is 0 Å². The minimum Gasteiger partial charge on any atom is -0.507 e. The number of amides is 1. The zero-order chi connectivity index (χ0) is 21.1. The molecule has 0 atom stereocenters. The molecule has 1 aliphatic rings. The number of carbonyl (C=O) groups excluding carboxylic acids is 1. The molecule has 1 fully saturated rings. The second-order valence-corrected chi connectivity index (χ2v) is 7.48. The fourth-order valence-corrected chi connectivity index (χ4v) is 3.80. The molecule has 0 spiro atoms. The lowest BCUT2D eigenvalue weighted by Crippen LogP contribution is -2.40. The van der Waals surface area contributed by atoms with E-state index in [0.29, 0.717) is 31.2 Å². The Balaban J connectivity index is 1.79. The van der Waals surface area contributed by atoms with Crippen molar-refractivity contribution in [2.24, 2.45) is 11.7 Å². The van der Waals surface area contributed by atoms with Gasteiger partial charge in [0.05, 0.1) is 11.5 Å². The molecule has 0 radical (unpaired) electrons. The van der Waals surface area contributed by atoms with Gasteiger partial charge in [-0.25, -0.2) is 0 Å². The second-order valence-electron chi connectivity index (χ2n) is 7.48. The van der Waals surface area contributed by atoms with Crippen LogP contribution >= 0.6 is 0 Å². The van der Waals surface area contributed by atoms with Gasteiger partial charge < -0.3 is 20.8 Å². The predicted molar refractivity (Wildman–Crippen MR) is 110 cm³/mol. The summed E-state index contributed by atoms with van der Waals surface area (Å²) in [6, 6.07) is 11.9. The van der Waals surface area contributed by atoms with Crippen LogP contribution in [0.25, 0.3) is 11.1 Å². The van der Waals surface area contributed by atoms with Gasteiger partial charge in [-0.3, -0.25) is 15.0 Å². The molecule has 1 aliphatic carbocycles. The lowest BCUT2D eigenvalue weighted by Gasteiger charge is -2.33. The quantitative estimate of drug-likeness (QED) is 0.457. The molecule has 3 rings (SSSR count). The number of phenols is 1. The van der Waals surface area contributed by atoms with E-state index in [9.17, 15) is 14.7 Å². The van der Waals surface area contributed by atoms with Crippen molar-refractivity contribution in [2.45, 2.75) is 31.7 Å². The second kappa shape index (κ2) is 8.34. The Labute approximate surface area is 169 Å². The van der Waals surface area contributed by atoms with Crippen LogP contribution in [0.15, 0.2) is 42.5 Å². The molecule has 7 nitrogen and oxygen atoms in total. The monoisotopic (exact) mass is 395 g/mol. The van der Waals surface area contributed by atoms with Gasteiger partial charge in [-0.1, -0.05) is 30.3 Å². The van der Waals surface area contributed by atoms with Gasteiger partial charge in [0, 0.05) is 18.7 Å². The van der Waals surface area contributed by atoms with E-state index in [1.165, 1.54) is 6.07 Å². The molecule has 0 aromatic heterocycles. The summed E-state index contributed by atoms with van der Waals surface area (Å²) in [7, 11) is 1.70. The molecule has 152 valence electrons. The maximum absolute atomic E-state index is 13.0. The van der Waals surface area contributed by atoms with Gasteiger partial charge in [0.25, 0.3) is 5.91 Å². The summed E-state index contributed by atoms with van der Waals surface area (Å²) in [5.41, 5.74) is 7.91. The Kier molecular flexibility index (Phi) is 5.87. The van der Waals surface area contributed by atoms with Crippen molar-refractivity contribution in [1.82, 2.24) is 4.90 Å². The van der Waals surface area contributed by atoms with Crippen molar-refractivity contribution in [2.75, 3.05) is 7.05 Å². The Bertz CT molecular complexity index is 932. The number of carboxylic acids is 1. The van der Waals surface area contributed by atoms with E-state index in [1.54, 1.807) is 36.2 Å². The first kappa shape index (κ1) is 20.4. The molecule has 0 heterocycles. The summed E-state index contributed by atoms with van der Waals surface area (Å²) in [5.74, 6) is -1.52. The van der Waals surface area contributed by atoms with E-state index in [-0.39, 0.29) is 35.0 Å². The van der Waals surface area contributed by atoms with Crippen LogP contribution in [0.1, 0.15) is 41.6 Å². The molecular formula is C22H25N3O4. The fraction of sp³-hybridized carbons (Fsp3) is 0.318. The number of nitrogens with two attached hydrogens (primary N) is 1. The number of rotatable bonds is 5. The summed E-state index contributed by atoms with van der Waals surface area (Å²) in [5, 5.41) is 26.9. The first-order valence-electron chi connectivity index (χ1n) is 9.55. The summed E-state index contributed by atoms with van der Waals surface area (Å²) in [4.78, 5) is 25.7. The van der Waals surface area contributed by atoms with Gasteiger partial charge in [0.15, 0.2) is 0 Å². The zero-order valence-corrected chi connectivity index (χ0v) is 16.3. The fourth-order valence-electron chi connectivity index (χ4n) is 3.80. The molecule has 2 aromatic carbocycles. The molecule has 1 amide bonds. The maximum Gasteiger partial charge on any atom is 0.306 e. The summed E-state index contributed by atoms with van der Waals surface area (Å²) in [6.45, 7) is 0. The number of nitrogen functional groups attached to an aromatic ring is 1. The molecule has 5 N–H and O–H groups in total. The number of hydrogen-bond donors (Lipinski definition) is 4. The van der Waals surface area contributed by atoms with Gasteiger partial charge in [0.1, 0.15) is 11.6 Å². The Morgan fingerprint density at radius 2 is 1.62 bits per heavy atom. The molecule has 0 bridgehead atoms. The van der Waals surface area contributed by atoms with Crippen molar-refractivity contribution in [3.8, 4) is 16.9 Å². The van der Waals surface area contributed by atoms with Crippen LogP contribution in [0.2, 0.25) is 0 Å². The molecule has 7 heteroatoms. The van der Waals surface area contributed by atoms with E-state index >= 15 is 0 Å². The standard InChI is InChI=1S/C22H25N3O4/c1-25(17-9-6-15(7-10-17)22(28)29)21(27)18-12-16(8-11-19(18)26)13-2-4-14(5-3-13)20(23)24/h2-5,8,11-12,15,17,26H,6-7,9-10H2,1H3,(H3,23,24)(H,28,29). The van der Waals surface area contributed by atoms with Gasteiger partial charge in [0.2, 0.25) is 0 Å². The Morgan fingerprint density at radius 1 is 1.03 bits per heavy atom. The smallest absolute Gasteiger partial charge is 0.306 e. The first-order chi connectivity index (χ1) is 13.8. The minimum atomic E-state index is -0.779. The molecule has 2 aromatic rings. The number of hydrogen-bond acceptors (Lipinski definition) is 4. The summed E-state index contributed by atoms with van der Waals surface area (Å²) < 4.78 is 0. The van der Waals surface area contributed by atoms with Crippen LogP contribution in [0, 0.1) is 11.3 Å². The number of carbonyl (C=O) groups is 2. The van der Waals surface area contributed by atoms with Gasteiger partial charge >= 0.3 is 5.97 Å². The number of phenolic OH excluding ortho intramolecular Hbond substituents is 1. The van der Waals surface area contributed by atoms with E-state index < -0.39 is 5.97 Å². The number of nitrogens with one attached hydrogen (secondary N) is 1. The topological polar surface area (TPSA) is 128 Å². The highest BCUT2D eigenvalue weighted by Crippen LogP contribution is 2.31. The highest BCUT2D eigenvalue weighted by atomic mass is 16.4. The number of aromatic hydroxyl groups is 1. The van der Waals surface area contributed by atoms with Gasteiger partial charge in [-0.05, 0) is 48.9 Å². The summed E-state index contributed by atoms with van der Waals surface area (Å²) >= 11 is 0. The zero-order valence-electron chi connectivity index (χ0n) is 16.3. The van der Waals surface area contributed by atoms with Crippen molar-refractivity contribution in [1.29, 1.82) is 5.41 Å². The third-order valence-electron chi connectivity index (χ3n) is 5.67. The molecular weight excluding hydrogens is 370 g/mol. The van der Waals surface area contributed by atoms with Crippen molar-refractivity contribution in [3.05, 3.63) is 53.6 Å². The average molecular weight is 395 g/mol. The minimum absolute atomic E-state index is 0.0163. The number of carboxylic acid groups (broad SMARTS) is 1. The molecule has 0 unspecified atom stereocenters. The molecule has 29 heavy (non-hydrogen) atoms. The Morgan fingerprint density at radius 3 is 2.17 bits per heavy atom. The van der Waals surface area contributed by atoms with E-state index in [1.807, 2.05) is 12.1 Å². The Hall–Kier alpha value is -3.35. The van der Waals surface area contributed by atoms with Crippen molar-refractivity contribution < 1.29 is 19.8 Å². The molecule has 0 saturated heterocycles. The average Bonchev–Trinajstić information content (AvgIpc) is 2.73. The van der Waals surface area contributed by atoms with Crippen LogP contribution in [0.4, 0.5) is 0 Å². The van der Waals surface area contributed by atoms with E-state index in [4.69, 9.17) is 16.2 Å². The highest BCUT2D eigenvalue weighted by Gasteiger charge is 2.30. The van der Waals surface area contributed by atoms with Gasteiger partial charge in [-0.2, -0.15) is 0 Å². The maximum atomic E-state index is 13.0. The lowest BCUT2D eigenvalue weighted by molar-refractivity contribution is -0.143. The van der Waals surface area contributed by atoms with E-state index in [2.05, 4.69) is 0 Å². The van der Waals surface area contributed by atoms with Crippen LogP contribution in [-0.2, 0) is 4.79 Å². The van der Waals surface area contributed by atoms with E-state index in [0.717, 1.165) is 11.1 Å². The third kappa shape index (κ3) is 4.39. The van der Waals surface area contributed by atoms with Crippen LogP contribution < -0.4 is 5.73 Å².